The molecule has 0 aliphatic rings. The first-order chi connectivity index (χ1) is 10.6. The van der Waals surface area contributed by atoms with Crippen molar-refractivity contribution >= 4 is 20.0 Å². The van der Waals surface area contributed by atoms with Gasteiger partial charge in [0.05, 0.1) is 16.8 Å². The van der Waals surface area contributed by atoms with E-state index < -0.39 is 20.0 Å². The molecule has 0 saturated carbocycles. The standard InChI is InChI=1S/C13H18N4O4S2/c1-10-13(9-15-17(10)2)23(20,21)16-8-7-11-3-5-12(6-4-11)22(14,18)19/h3-6,9,16H,7-8H2,1-2H3,(H2,14,18,19). The molecule has 1 heterocycles. The highest BCUT2D eigenvalue weighted by Crippen LogP contribution is 2.13. The van der Waals surface area contributed by atoms with Crippen molar-refractivity contribution in [2.45, 2.75) is 23.1 Å². The number of nitrogens with two attached hydrogens (primary N) is 1. The summed E-state index contributed by atoms with van der Waals surface area (Å²) in [4.78, 5) is 0.164. The predicted octanol–water partition coefficient (Wildman–Crippen LogP) is -0.103. The Kier molecular flexibility index (Phi) is 4.90. The quantitative estimate of drug-likeness (QED) is 0.746. The number of aromatic nitrogens is 2. The normalized spacial score (nSPS) is 12.5. The molecule has 0 amide bonds. The summed E-state index contributed by atoms with van der Waals surface area (Å²) in [6.07, 6.45) is 1.72. The van der Waals surface area contributed by atoms with Crippen LogP contribution in [0.25, 0.3) is 0 Å². The highest BCUT2D eigenvalue weighted by atomic mass is 32.2. The van der Waals surface area contributed by atoms with Gasteiger partial charge in [0, 0.05) is 13.6 Å². The maximum absolute atomic E-state index is 12.2. The van der Waals surface area contributed by atoms with Gasteiger partial charge in [-0.25, -0.2) is 26.7 Å². The van der Waals surface area contributed by atoms with Gasteiger partial charge >= 0.3 is 0 Å². The number of nitrogens with zero attached hydrogens (tertiary/aromatic N) is 2. The molecule has 0 aliphatic carbocycles. The second-order valence-corrected chi connectivity index (χ2v) is 8.35. The van der Waals surface area contributed by atoms with Crippen molar-refractivity contribution in [3.05, 3.63) is 41.7 Å². The third-order valence-electron chi connectivity index (χ3n) is 3.44. The fourth-order valence-corrected chi connectivity index (χ4v) is 3.74. The zero-order valence-corrected chi connectivity index (χ0v) is 14.4. The minimum absolute atomic E-state index is 0.0211. The Bertz CT molecular complexity index is 900. The van der Waals surface area contributed by atoms with Crippen LogP contribution in [-0.4, -0.2) is 33.2 Å². The lowest BCUT2D eigenvalue weighted by Crippen LogP contribution is -2.26. The van der Waals surface area contributed by atoms with Crippen LogP contribution in [0.4, 0.5) is 0 Å². The molecule has 0 radical (unpaired) electrons. The van der Waals surface area contributed by atoms with E-state index in [9.17, 15) is 16.8 Å². The van der Waals surface area contributed by atoms with Gasteiger partial charge in [0.15, 0.2) is 0 Å². The average Bonchev–Trinajstić information content (AvgIpc) is 2.79. The Morgan fingerprint density at radius 1 is 1.17 bits per heavy atom. The molecule has 126 valence electrons. The van der Waals surface area contributed by atoms with Crippen molar-refractivity contribution in [3.8, 4) is 0 Å². The molecule has 23 heavy (non-hydrogen) atoms. The number of hydrogen-bond acceptors (Lipinski definition) is 5. The van der Waals surface area contributed by atoms with Crippen LogP contribution in [0.1, 0.15) is 11.3 Å². The molecule has 10 heteroatoms. The van der Waals surface area contributed by atoms with Gasteiger partial charge in [-0.3, -0.25) is 4.68 Å². The van der Waals surface area contributed by atoms with E-state index in [2.05, 4.69) is 9.82 Å². The van der Waals surface area contributed by atoms with Crippen LogP contribution in [0.2, 0.25) is 0 Å². The summed E-state index contributed by atoms with van der Waals surface area (Å²) in [6.45, 7) is 1.86. The summed E-state index contributed by atoms with van der Waals surface area (Å²) >= 11 is 0. The zero-order valence-electron chi connectivity index (χ0n) is 12.7. The Morgan fingerprint density at radius 3 is 2.26 bits per heavy atom. The Balaban J connectivity index is 2.01. The first-order valence-electron chi connectivity index (χ1n) is 6.71. The van der Waals surface area contributed by atoms with E-state index >= 15 is 0 Å². The van der Waals surface area contributed by atoms with E-state index in [0.29, 0.717) is 12.1 Å². The molecule has 1 aromatic carbocycles. The van der Waals surface area contributed by atoms with Crippen LogP contribution in [0.5, 0.6) is 0 Å². The topological polar surface area (TPSA) is 124 Å². The van der Waals surface area contributed by atoms with Crippen molar-refractivity contribution < 1.29 is 16.8 Å². The monoisotopic (exact) mass is 358 g/mol. The molecule has 2 rings (SSSR count). The SMILES string of the molecule is Cc1c(S(=O)(=O)NCCc2ccc(S(N)(=O)=O)cc2)cnn1C. The van der Waals surface area contributed by atoms with Gasteiger partial charge in [-0.2, -0.15) is 5.10 Å². The Labute approximate surface area is 135 Å². The predicted molar refractivity (Wildman–Crippen MR) is 84.7 cm³/mol. The van der Waals surface area contributed by atoms with E-state index in [-0.39, 0.29) is 16.3 Å². The lowest BCUT2D eigenvalue weighted by atomic mass is 10.2. The van der Waals surface area contributed by atoms with E-state index in [4.69, 9.17) is 5.14 Å². The largest absolute Gasteiger partial charge is 0.272 e. The molecule has 1 aromatic heterocycles. The van der Waals surface area contributed by atoms with E-state index in [0.717, 1.165) is 5.56 Å². The molecule has 0 aliphatic heterocycles. The lowest BCUT2D eigenvalue weighted by Gasteiger charge is -2.07. The zero-order chi connectivity index (χ0) is 17.3. The van der Waals surface area contributed by atoms with E-state index in [1.165, 1.54) is 23.0 Å². The molecule has 0 spiro atoms. The number of nitrogens with one attached hydrogen (secondary N) is 1. The number of aryl methyl sites for hydroxylation is 1. The highest BCUT2D eigenvalue weighted by molar-refractivity contribution is 7.89. The Morgan fingerprint density at radius 2 is 1.78 bits per heavy atom. The summed E-state index contributed by atoms with van der Waals surface area (Å²) in [5, 5.41) is 8.93. The smallest absolute Gasteiger partial charge is 0.243 e. The van der Waals surface area contributed by atoms with Crippen molar-refractivity contribution in [3.63, 3.8) is 0 Å². The minimum atomic E-state index is -3.72. The average molecular weight is 358 g/mol. The summed E-state index contributed by atoms with van der Waals surface area (Å²) in [7, 11) is -5.68. The molecule has 0 bridgehead atoms. The van der Waals surface area contributed by atoms with Crippen LogP contribution in [0.15, 0.2) is 40.3 Å². The Hall–Kier alpha value is -1.75. The van der Waals surface area contributed by atoms with Gasteiger partial charge in [-0.05, 0) is 31.0 Å². The number of rotatable bonds is 6. The first kappa shape index (κ1) is 17.6. The van der Waals surface area contributed by atoms with Crippen LogP contribution in [-0.2, 0) is 33.5 Å². The van der Waals surface area contributed by atoms with Gasteiger partial charge < -0.3 is 0 Å². The molecule has 2 aromatic rings. The van der Waals surface area contributed by atoms with Crippen LogP contribution >= 0.6 is 0 Å². The molecule has 8 nitrogen and oxygen atoms in total. The number of hydrogen-bond donors (Lipinski definition) is 2. The van der Waals surface area contributed by atoms with Crippen LogP contribution in [0, 0.1) is 6.92 Å². The molecular weight excluding hydrogens is 340 g/mol. The summed E-state index contributed by atoms with van der Waals surface area (Å²) in [5.74, 6) is 0. The highest BCUT2D eigenvalue weighted by Gasteiger charge is 2.19. The second kappa shape index (κ2) is 6.40. The third-order valence-corrected chi connectivity index (χ3v) is 5.93. The van der Waals surface area contributed by atoms with Gasteiger partial charge in [-0.15, -0.1) is 0 Å². The molecule has 0 saturated heterocycles. The molecule has 0 unspecified atom stereocenters. The summed E-state index contributed by atoms with van der Waals surface area (Å²) in [6, 6.07) is 5.99. The van der Waals surface area contributed by atoms with Gasteiger partial charge in [0.1, 0.15) is 4.90 Å². The van der Waals surface area contributed by atoms with Crippen molar-refractivity contribution in [2.24, 2.45) is 12.2 Å². The third kappa shape index (κ3) is 4.16. The number of sulfonamides is 2. The molecule has 3 N–H and O–H groups in total. The van der Waals surface area contributed by atoms with Crippen molar-refractivity contribution in [2.75, 3.05) is 6.54 Å². The molecule has 0 atom stereocenters. The van der Waals surface area contributed by atoms with Gasteiger partial charge in [0.2, 0.25) is 20.0 Å². The maximum atomic E-state index is 12.2. The van der Waals surface area contributed by atoms with Crippen LogP contribution < -0.4 is 9.86 Å². The van der Waals surface area contributed by atoms with Crippen molar-refractivity contribution in [1.29, 1.82) is 0 Å². The fourth-order valence-electron chi connectivity index (χ4n) is 2.00. The summed E-state index contributed by atoms with van der Waals surface area (Å²) < 4.78 is 50.7. The summed E-state index contributed by atoms with van der Waals surface area (Å²) in [5.41, 5.74) is 1.35. The second-order valence-electron chi connectivity index (χ2n) is 5.05. The molecule has 0 fully saturated rings. The number of benzene rings is 1. The van der Waals surface area contributed by atoms with Crippen LogP contribution in [0.3, 0.4) is 0 Å². The maximum Gasteiger partial charge on any atom is 0.243 e. The minimum Gasteiger partial charge on any atom is -0.272 e. The van der Waals surface area contributed by atoms with E-state index in [1.54, 1.807) is 26.1 Å². The van der Waals surface area contributed by atoms with Crippen molar-refractivity contribution in [1.82, 2.24) is 14.5 Å². The number of primary sulfonamides is 1. The lowest BCUT2D eigenvalue weighted by molar-refractivity contribution is 0.580. The van der Waals surface area contributed by atoms with Gasteiger partial charge in [0.25, 0.3) is 0 Å². The van der Waals surface area contributed by atoms with E-state index in [1.807, 2.05) is 0 Å². The van der Waals surface area contributed by atoms with Gasteiger partial charge in [-0.1, -0.05) is 12.1 Å². The fraction of sp³-hybridized carbons (Fsp3) is 0.308. The molecular formula is C13H18N4O4S2. The first-order valence-corrected chi connectivity index (χ1v) is 9.74.